The minimum absolute atomic E-state index is 0.109. The van der Waals surface area contributed by atoms with Gasteiger partial charge in [0.05, 0.1) is 5.69 Å². The largest absolute Gasteiger partial charge is 0.506 e. The molecule has 0 radical (unpaired) electrons. The van der Waals surface area contributed by atoms with E-state index in [0.717, 1.165) is 11.3 Å². The van der Waals surface area contributed by atoms with Crippen LogP contribution >= 0.6 is 0 Å². The Bertz CT molecular complexity index is 737. The van der Waals surface area contributed by atoms with E-state index < -0.39 is 0 Å². The molecule has 0 unspecified atom stereocenters. The first-order valence-corrected chi connectivity index (χ1v) is 6.53. The average Bonchev–Trinajstić information content (AvgIpc) is 2.84. The molecule has 0 bridgehead atoms. The van der Waals surface area contributed by atoms with Gasteiger partial charge in [0.25, 0.3) is 0 Å². The van der Waals surface area contributed by atoms with Gasteiger partial charge in [-0.1, -0.05) is 12.1 Å². The number of pyridine rings is 1. The van der Waals surface area contributed by atoms with Gasteiger partial charge in [-0.2, -0.15) is 0 Å². The number of nitrogens with zero attached hydrogens (tertiary/aromatic N) is 3. The molecular weight excluding hydrogens is 254 g/mol. The van der Waals surface area contributed by atoms with Crippen LogP contribution in [0.4, 0.5) is 0 Å². The highest BCUT2D eigenvalue weighted by molar-refractivity contribution is 5.74. The highest BCUT2D eigenvalue weighted by Gasteiger charge is 2.15. The number of fused-ring (bicyclic) bond motifs is 1. The molecule has 0 aliphatic rings. The molecule has 5 nitrogen and oxygen atoms in total. The Morgan fingerprint density at radius 2 is 1.95 bits per heavy atom. The van der Waals surface area contributed by atoms with Gasteiger partial charge in [0.1, 0.15) is 17.1 Å². The number of aromatic hydroxyl groups is 1. The van der Waals surface area contributed by atoms with E-state index in [2.05, 4.69) is 9.97 Å². The molecular formula is C15H15N3O2. The number of aliphatic hydroxyl groups is 1. The maximum atomic E-state index is 10.1. The van der Waals surface area contributed by atoms with Gasteiger partial charge in [-0.3, -0.25) is 4.57 Å². The summed E-state index contributed by atoms with van der Waals surface area (Å²) in [4.78, 5) is 8.90. The summed E-state index contributed by atoms with van der Waals surface area (Å²) in [6.45, 7) is 0.109. The number of hydrogen-bond donors (Lipinski definition) is 2. The monoisotopic (exact) mass is 269 g/mol. The average molecular weight is 269 g/mol. The number of aromatic nitrogens is 3. The summed E-state index contributed by atoms with van der Waals surface area (Å²) >= 11 is 0. The molecule has 3 aromatic rings. The van der Waals surface area contributed by atoms with E-state index in [1.807, 2.05) is 28.8 Å². The van der Waals surface area contributed by atoms with Crippen LogP contribution in [-0.2, 0) is 6.42 Å². The first-order valence-electron chi connectivity index (χ1n) is 6.53. The molecule has 0 amide bonds. The number of phenolic OH excluding ortho intramolecular Hbond substituents is 1. The lowest BCUT2D eigenvalue weighted by atomic mass is 10.2. The van der Waals surface area contributed by atoms with Crippen LogP contribution in [0.15, 0.2) is 42.6 Å². The summed E-state index contributed by atoms with van der Waals surface area (Å²) in [5.41, 5.74) is 2.15. The standard InChI is InChI=1S/C15H15N3O2/c19-10-4-8-14-17-11-5-3-9-16-15(11)18(14)12-6-1-2-7-13(12)20/h1-3,5-7,9,19-20H,4,8,10H2. The van der Waals surface area contributed by atoms with Gasteiger partial charge in [-0.05, 0) is 30.7 Å². The van der Waals surface area contributed by atoms with Crippen molar-refractivity contribution in [2.45, 2.75) is 12.8 Å². The van der Waals surface area contributed by atoms with Gasteiger partial charge in [-0.15, -0.1) is 0 Å². The van der Waals surface area contributed by atoms with Crippen LogP contribution in [0.3, 0.4) is 0 Å². The molecule has 102 valence electrons. The van der Waals surface area contributed by atoms with Crippen molar-refractivity contribution in [3.8, 4) is 11.4 Å². The maximum absolute atomic E-state index is 10.1. The third-order valence-electron chi connectivity index (χ3n) is 3.17. The molecule has 3 rings (SSSR count). The minimum Gasteiger partial charge on any atom is -0.506 e. The molecule has 2 N–H and O–H groups in total. The van der Waals surface area contributed by atoms with E-state index in [4.69, 9.17) is 5.11 Å². The third kappa shape index (κ3) is 2.12. The molecule has 0 aliphatic heterocycles. The number of hydrogen-bond acceptors (Lipinski definition) is 4. The predicted octanol–water partition coefficient (Wildman–Crippen LogP) is 2.05. The second-order valence-electron chi connectivity index (χ2n) is 4.53. The van der Waals surface area contributed by atoms with Crippen LogP contribution in [0.2, 0.25) is 0 Å². The first kappa shape index (κ1) is 12.6. The molecule has 0 saturated heterocycles. The second-order valence-corrected chi connectivity index (χ2v) is 4.53. The number of imidazole rings is 1. The summed E-state index contributed by atoms with van der Waals surface area (Å²) in [6.07, 6.45) is 2.95. The molecule has 0 atom stereocenters. The molecule has 5 heteroatoms. The highest BCUT2D eigenvalue weighted by atomic mass is 16.3. The van der Waals surface area contributed by atoms with Gasteiger partial charge in [0, 0.05) is 19.2 Å². The van der Waals surface area contributed by atoms with E-state index in [1.54, 1.807) is 18.3 Å². The van der Waals surface area contributed by atoms with Crippen LogP contribution in [-0.4, -0.2) is 31.4 Å². The van der Waals surface area contributed by atoms with Crippen molar-refractivity contribution in [3.63, 3.8) is 0 Å². The van der Waals surface area contributed by atoms with Crippen LogP contribution in [0.25, 0.3) is 16.9 Å². The van der Waals surface area contributed by atoms with Crippen LogP contribution < -0.4 is 0 Å². The van der Waals surface area contributed by atoms with Crippen molar-refractivity contribution in [2.24, 2.45) is 0 Å². The molecule has 0 saturated carbocycles. The number of phenols is 1. The molecule has 0 spiro atoms. The Morgan fingerprint density at radius 1 is 1.10 bits per heavy atom. The van der Waals surface area contributed by atoms with Gasteiger partial charge in [0.15, 0.2) is 5.65 Å². The Labute approximate surface area is 116 Å². The third-order valence-corrected chi connectivity index (χ3v) is 3.17. The van der Waals surface area contributed by atoms with Gasteiger partial charge < -0.3 is 10.2 Å². The van der Waals surface area contributed by atoms with E-state index in [1.165, 1.54) is 0 Å². The number of rotatable bonds is 4. The normalized spacial score (nSPS) is 11.1. The number of benzene rings is 1. The molecule has 0 fully saturated rings. The van der Waals surface area contributed by atoms with Gasteiger partial charge >= 0.3 is 0 Å². The number of para-hydroxylation sites is 2. The van der Waals surface area contributed by atoms with Crippen molar-refractivity contribution >= 4 is 11.2 Å². The quantitative estimate of drug-likeness (QED) is 0.760. The van der Waals surface area contributed by atoms with Gasteiger partial charge in [0.2, 0.25) is 0 Å². The van der Waals surface area contributed by atoms with E-state index >= 15 is 0 Å². The lowest BCUT2D eigenvalue weighted by Crippen LogP contribution is -2.03. The Hall–Kier alpha value is -2.40. The van der Waals surface area contributed by atoms with E-state index in [0.29, 0.717) is 24.2 Å². The van der Waals surface area contributed by atoms with E-state index in [-0.39, 0.29) is 12.4 Å². The minimum atomic E-state index is 0.109. The molecule has 2 heterocycles. The zero-order valence-electron chi connectivity index (χ0n) is 10.9. The van der Waals surface area contributed by atoms with Crippen molar-refractivity contribution in [1.82, 2.24) is 14.5 Å². The SMILES string of the molecule is OCCCc1nc2cccnc2n1-c1ccccc1O. The van der Waals surface area contributed by atoms with Crippen LogP contribution in [0.5, 0.6) is 5.75 Å². The maximum Gasteiger partial charge on any atom is 0.164 e. The zero-order valence-corrected chi connectivity index (χ0v) is 10.9. The topological polar surface area (TPSA) is 71.2 Å². The first-order chi connectivity index (χ1) is 9.81. The molecule has 2 aromatic heterocycles. The Kier molecular flexibility index (Phi) is 3.35. The summed E-state index contributed by atoms with van der Waals surface area (Å²) in [6, 6.07) is 10.8. The van der Waals surface area contributed by atoms with Crippen LogP contribution in [0, 0.1) is 0 Å². The fourth-order valence-corrected chi connectivity index (χ4v) is 2.27. The second kappa shape index (κ2) is 5.30. The highest BCUT2D eigenvalue weighted by Crippen LogP contribution is 2.26. The predicted molar refractivity (Wildman–Crippen MR) is 75.9 cm³/mol. The summed E-state index contributed by atoms with van der Waals surface area (Å²) < 4.78 is 1.85. The fourth-order valence-electron chi connectivity index (χ4n) is 2.27. The number of aryl methyl sites for hydroxylation is 1. The van der Waals surface area contributed by atoms with Crippen molar-refractivity contribution in [1.29, 1.82) is 0 Å². The van der Waals surface area contributed by atoms with E-state index in [9.17, 15) is 5.11 Å². The smallest absolute Gasteiger partial charge is 0.164 e. The summed E-state index contributed by atoms with van der Waals surface area (Å²) in [7, 11) is 0. The van der Waals surface area contributed by atoms with Gasteiger partial charge in [-0.25, -0.2) is 9.97 Å². The Balaban J connectivity index is 2.23. The fraction of sp³-hybridized carbons (Fsp3) is 0.200. The summed E-state index contributed by atoms with van der Waals surface area (Å²) in [5.74, 6) is 0.969. The lowest BCUT2D eigenvalue weighted by Gasteiger charge is -2.09. The van der Waals surface area contributed by atoms with Crippen molar-refractivity contribution in [3.05, 3.63) is 48.4 Å². The zero-order chi connectivity index (χ0) is 13.9. The summed E-state index contributed by atoms with van der Waals surface area (Å²) in [5, 5.41) is 19.1. The van der Waals surface area contributed by atoms with Crippen LogP contribution in [0.1, 0.15) is 12.2 Å². The lowest BCUT2D eigenvalue weighted by molar-refractivity contribution is 0.287. The van der Waals surface area contributed by atoms with Crippen molar-refractivity contribution < 1.29 is 10.2 Å². The Morgan fingerprint density at radius 3 is 2.75 bits per heavy atom. The molecule has 0 aliphatic carbocycles. The molecule has 20 heavy (non-hydrogen) atoms. The molecule has 1 aromatic carbocycles. The van der Waals surface area contributed by atoms with Crippen molar-refractivity contribution in [2.75, 3.05) is 6.61 Å². The number of aliphatic hydroxyl groups excluding tert-OH is 1.